The summed E-state index contributed by atoms with van der Waals surface area (Å²) in [7, 11) is -1.16. The summed E-state index contributed by atoms with van der Waals surface area (Å²) in [5, 5.41) is 10.7. The zero-order chi connectivity index (χ0) is 22.2. The molecule has 0 atom stereocenters. The van der Waals surface area contributed by atoms with Crippen molar-refractivity contribution in [3.05, 3.63) is 39.3 Å². The number of aliphatic hydroxyl groups excluding tert-OH is 1. The van der Waals surface area contributed by atoms with Gasteiger partial charge in [0, 0.05) is 45.1 Å². The Morgan fingerprint density at radius 2 is 1.94 bits per heavy atom. The van der Waals surface area contributed by atoms with Crippen LogP contribution < -0.4 is 11.2 Å². The minimum atomic E-state index is -1.16. The van der Waals surface area contributed by atoms with Crippen LogP contribution in [0.3, 0.4) is 0 Å². The van der Waals surface area contributed by atoms with E-state index in [4.69, 9.17) is 4.74 Å². The lowest BCUT2D eigenvalue weighted by Crippen LogP contribution is -2.35. The molecule has 0 radical (unpaired) electrons. The minimum Gasteiger partial charge on any atom is -0.396 e. The van der Waals surface area contributed by atoms with E-state index in [0.29, 0.717) is 29.9 Å². The number of fused-ring (bicyclic) bond motifs is 3. The molecule has 0 spiro atoms. The second kappa shape index (κ2) is 8.72. The maximum atomic E-state index is 12.9. The Balaban J connectivity index is 1.72. The molecule has 1 aliphatic rings. The number of hydrogen-bond acceptors (Lipinski definition) is 5. The van der Waals surface area contributed by atoms with Crippen LogP contribution in [0.1, 0.15) is 31.7 Å². The normalized spacial score (nSPS) is 20.0. The average Bonchev–Trinajstić information content (AvgIpc) is 3.14. The number of aliphatic hydroxyl groups is 1. The van der Waals surface area contributed by atoms with E-state index in [-0.39, 0.29) is 24.3 Å². The topological polar surface area (TPSA) is 102 Å². The number of pyridine rings is 1. The summed E-state index contributed by atoms with van der Waals surface area (Å²) >= 11 is 0. The van der Waals surface area contributed by atoms with Gasteiger partial charge in [-0.15, -0.1) is 0 Å². The molecule has 9 heteroatoms. The number of nitrogens with zero attached hydrogens (tertiary/aromatic N) is 3. The monoisotopic (exact) mass is 444 g/mol. The van der Waals surface area contributed by atoms with Gasteiger partial charge in [-0.05, 0) is 43.7 Å². The molecule has 1 fully saturated rings. The molecule has 2 N–H and O–H groups in total. The third kappa shape index (κ3) is 4.53. The fraction of sp³-hybridized carbons (Fsp3) is 0.591. The number of hydrogen-bond donors (Lipinski definition) is 2. The number of H-pyrrole nitrogens is 1. The first-order valence-electron chi connectivity index (χ1n) is 11.1. The summed E-state index contributed by atoms with van der Waals surface area (Å²) in [6.45, 7) is 8.24. The lowest BCUT2D eigenvalue weighted by molar-refractivity contribution is 0.0899. The molecule has 0 bridgehead atoms. The second-order valence-corrected chi connectivity index (χ2v) is 15.5. The predicted molar refractivity (Wildman–Crippen MR) is 124 cm³/mol. The van der Waals surface area contributed by atoms with Gasteiger partial charge in [0.25, 0.3) is 5.56 Å². The summed E-state index contributed by atoms with van der Waals surface area (Å²) in [5.74, 6) is 0.289. The molecular weight excluding hydrogens is 412 g/mol. The van der Waals surface area contributed by atoms with E-state index >= 15 is 0 Å². The molecule has 4 rings (SSSR count). The van der Waals surface area contributed by atoms with Crippen LogP contribution in [0.5, 0.6) is 0 Å². The van der Waals surface area contributed by atoms with Gasteiger partial charge in [-0.25, -0.2) is 9.78 Å². The summed E-state index contributed by atoms with van der Waals surface area (Å²) in [4.78, 5) is 32.4. The first kappa shape index (κ1) is 22.0. The van der Waals surface area contributed by atoms with E-state index in [1.165, 1.54) is 0 Å². The Bertz CT molecular complexity index is 1180. The second-order valence-electron chi connectivity index (χ2n) is 9.88. The van der Waals surface area contributed by atoms with Gasteiger partial charge in [0.15, 0.2) is 0 Å². The highest BCUT2D eigenvalue weighted by atomic mass is 28.3. The zero-order valence-electron chi connectivity index (χ0n) is 18.6. The van der Waals surface area contributed by atoms with E-state index in [1.54, 1.807) is 10.8 Å². The number of rotatable bonds is 7. The highest BCUT2D eigenvalue weighted by molar-refractivity contribution is 6.76. The van der Waals surface area contributed by atoms with Crippen LogP contribution in [-0.4, -0.2) is 45.5 Å². The molecule has 31 heavy (non-hydrogen) atoms. The lowest BCUT2D eigenvalue weighted by atomic mass is 9.86. The maximum Gasteiger partial charge on any atom is 0.329 e. The molecule has 0 unspecified atom stereocenters. The largest absolute Gasteiger partial charge is 0.396 e. The molecule has 3 heterocycles. The fourth-order valence-electron chi connectivity index (χ4n) is 4.46. The quantitative estimate of drug-likeness (QED) is 0.431. The molecule has 1 aliphatic carbocycles. The van der Waals surface area contributed by atoms with E-state index in [1.807, 2.05) is 16.8 Å². The Morgan fingerprint density at radius 3 is 2.61 bits per heavy atom. The molecule has 8 nitrogen and oxygen atoms in total. The summed E-state index contributed by atoms with van der Waals surface area (Å²) < 4.78 is 9.56. The van der Waals surface area contributed by atoms with E-state index in [9.17, 15) is 14.7 Å². The Labute approximate surface area is 181 Å². The van der Waals surface area contributed by atoms with Crippen LogP contribution in [0, 0.1) is 5.92 Å². The van der Waals surface area contributed by atoms with Crippen molar-refractivity contribution >= 4 is 30.0 Å². The van der Waals surface area contributed by atoms with Crippen LogP contribution in [0.15, 0.2) is 28.0 Å². The number of ether oxygens (including phenoxy) is 1. The van der Waals surface area contributed by atoms with Crippen molar-refractivity contribution in [1.82, 2.24) is 19.1 Å². The van der Waals surface area contributed by atoms with Crippen molar-refractivity contribution in [3.63, 3.8) is 0 Å². The van der Waals surface area contributed by atoms with Gasteiger partial charge in [-0.1, -0.05) is 19.6 Å². The number of aromatic amines is 1. The first-order chi connectivity index (χ1) is 14.8. The summed E-state index contributed by atoms with van der Waals surface area (Å²) in [5.41, 5.74) is 0.570. The Morgan fingerprint density at radius 1 is 1.19 bits per heavy atom. The molecule has 0 aliphatic heterocycles. The van der Waals surface area contributed by atoms with Gasteiger partial charge < -0.3 is 14.4 Å². The summed E-state index contributed by atoms with van der Waals surface area (Å²) in [6, 6.07) is 3.01. The number of aromatic nitrogens is 4. The van der Waals surface area contributed by atoms with Crippen LogP contribution in [0.2, 0.25) is 25.7 Å². The van der Waals surface area contributed by atoms with Gasteiger partial charge in [0.05, 0.1) is 10.9 Å². The third-order valence-electron chi connectivity index (χ3n) is 6.35. The van der Waals surface area contributed by atoms with Gasteiger partial charge in [0.1, 0.15) is 12.4 Å². The molecular formula is C22H32N4O4Si. The Hall–Kier alpha value is -2.23. The van der Waals surface area contributed by atoms with Crippen LogP contribution in [0.4, 0.5) is 0 Å². The first-order valence-corrected chi connectivity index (χ1v) is 14.8. The molecule has 168 valence electrons. The van der Waals surface area contributed by atoms with Gasteiger partial charge >= 0.3 is 5.69 Å². The van der Waals surface area contributed by atoms with Gasteiger partial charge in [-0.2, -0.15) is 0 Å². The van der Waals surface area contributed by atoms with Crippen molar-refractivity contribution in [3.8, 4) is 0 Å². The highest BCUT2D eigenvalue weighted by Gasteiger charge is 2.25. The molecule has 1 saturated carbocycles. The average molecular weight is 445 g/mol. The standard InChI is InChI=1S/C22H32N4O4Si/c1-31(2,3)11-10-30-14-25-9-8-17-19-18(12-23-20(17)25)21(28)24-22(29)26(19)16-6-4-15(13-27)5-7-16/h8-9,12,15-16,27H,4-7,10-11,13-14H2,1-3H3,(H,24,28,29)/t15-,16-. The van der Waals surface area contributed by atoms with Crippen LogP contribution in [0.25, 0.3) is 21.9 Å². The van der Waals surface area contributed by atoms with Crippen molar-refractivity contribution in [2.45, 2.75) is 64.1 Å². The predicted octanol–water partition coefficient (Wildman–Crippen LogP) is 3.08. The van der Waals surface area contributed by atoms with E-state index in [0.717, 1.165) is 37.1 Å². The minimum absolute atomic E-state index is 0.00315. The SMILES string of the molecule is C[Si](C)(C)CCOCn1ccc2c1ncc1c(=O)[nH]c(=O)n([C@H]3CC[C@H](CO)CC3)c12. The maximum absolute atomic E-state index is 12.9. The zero-order valence-corrected chi connectivity index (χ0v) is 19.6. The van der Waals surface area contributed by atoms with Crippen molar-refractivity contribution < 1.29 is 9.84 Å². The molecule has 0 amide bonds. The molecule has 0 saturated heterocycles. The van der Waals surface area contributed by atoms with Crippen molar-refractivity contribution in [2.24, 2.45) is 5.92 Å². The highest BCUT2D eigenvalue weighted by Crippen LogP contribution is 2.34. The third-order valence-corrected chi connectivity index (χ3v) is 8.06. The van der Waals surface area contributed by atoms with Crippen molar-refractivity contribution in [1.29, 1.82) is 0 Å². The smallest absolute Gasteiger partial charge is 0.329 e. The fourth-order valence-corrected chi connectivity index (χ4v) is 5.21. The molecule has 0 aromatic carbocycles. The van der Waals surface area contributed by atoms with E-state index < -0.39 is 13.6 Å². The van der Waals surface area contributed by atoms with Crippen molar-refractivity contribution in [2.75, 3.05) is 13.2 Å². The lowest BCUT2D eigenvalue weighted by Gasteiger charge is -2.29. The number of nitrogens with one attached hydrogen (secondary N) is 1. The molecule has 3 aromatic heterocycles. The van der Waals surface area contributed by atoms with E-state index in [2.05, 4.69) is 29.6 Å². The van der Waals surface area contributed by atoms with Gasteiger partial charge in [0.2, 0.25) is 0 Å². The molecule has 3 aromatic rings. The van der Waals surface area contributed by atoms with Gasteiger partial charge in [-0.3, -0.25) is 14.3 Å². The summed E-state index contributed by atoms with van der Waals surface area (Å²) in [6.07, 6.45) is 6.81. The Kier molecular flexibility index (Phi) is 6.18. The van der Waals surface area contributed by atoms with Crippen LogP contribution >= 0.6 is 0 Å². The van der Waals surface area contributed by atoms with Crippen LogP contribution in [-0.2, 0) is 11.5 Å².